The molecule has 1 unspecified atom stereocenters. The lowest BCUT2D eigenvalue weighted by Gasteiger charge is -2.34. The van der Waals surface area contributed by atoms with Crippen molar-refractivity contribution in [1.82, 2.24) is 15.5 Å². The fourth-order valence-corrected chi connectivity index (χ4v) is 2.88. The van der Waals surface area contributed by atoms with Crippen molar-refractivity contribution in [1.29, 1.82) is 0 Å². The van der Waals surface area contributed by atoms with Gasteiger partial charge in [-0.3, -0.25) is 4.90 Å². The van der Waals surface area contributed by atoms with Crippen LogP contribution in [0.2, 0.25) is 0 Å². The molecule has 2 heterocycles. The highest BCUT2D eigenvalue weighted by Crippen LogP contribution is 2.24. The van der Waals surface area contributed by atoms with Gasteiger partial charge in [-0.2, -0.15) is 0 Å². The number of benzene rings is 1. The molecule has 2 N–H and O–H groups in total. The second-order valence-electron chi connectivity index (χ2n) is 5.35. The van der Waals surface area contributed by atoms with Crippen molar-refractivity contribution < 1.29 is 0 Å². The van der Waals surface area contributed by atoms with Gasteiger partial charge < -0.3 is 15.5 Å². The molecule has 2 aliphatic heterocycles. The molecule has 1 aromatic carbocycles. The molecular weight excluding hydrogens is 236 g/mol. The molecule has 2 aliphatic rings. The molecule has 2 saturated heterocycles. The lowest BCUT2D eigenvalue weighted by Crippen LogP contribution is -2.43. The van der Waals surface area contributed by atoms with Crippen molar-refractivity contribution in [3.8, 4) is 0 Å². The van der Waals surface area contributed by atoms with Crippen LogP contribution < -0.4 is 15.5 Å². The van der Waals surface area contributed by atoms with Crippen LogP contribution in [-0.2, 0) is 0 Å². The Balaban J connectivity index is 1.70. The zero-order valence-electron chi connectivity index (χ0n) is 11.6. The predicted octanol–water partition coefficient (Wildman–Crippen LogP) is 0.834. The summed E-state index contributed by atoms with van der Waals surface area (Å²) in [5, 5.41) is 6.82. The van der Waals surface area contributed by atoms with E-state index in [0.717, 1.165) is 39.3 Å². The average molecular weight is 259 g/mol. The number of nitrogens with one attached hydrogen (secondary N) is 2. The van der Waals surface area contributed by atoms with Gasteiger partial charge in [-0.25, -0.2) is 0 Å². The first kappa shape index (κ1) is 12.9. The molecule has 0 aliphatic carbocycles. The van der Waals surface area contributed by atoms with Crippen molar-refractivity contribution in [2.24, 2.45) is 0 Å². The standard InChI is InChI=1S/C15H23N4/c1-18-9-6-17-12-15(18)13-2-4-14(5-3-13)19-10-7-16-8-11-19/h2-5,9,15-17H,6-8,10-12H2,1H3. The molecule has 103 valence electrons. The quantitative estimate of drug-likeness (QED) is 0.824. The van der Waals surface area contributed by atoms with Gasteiger partial charge in [0.2, 0.25) is 0 Å². The molecule has 4 nitrogen and oxygen atoms in total. The van der Waals surface area contributed by atoms with Gasteiger partial charge in [0.15, 0.2) is 0 Å². The Morgan fingerprint density at radius 3 is 2.47 bits per heavy atom. The molecule has 19 heavy (non-hydrogen) atoms. The van der Waals surface area contributed by atoms with E-state index in [1.54, 1.807) is 0 Å². The largest absolute Gasteiger partial charge is 0.369 e. The van der Waals surface area contributed by atoms with E-state index in [1.165, 1.54) is 11.3 Å². The van der Waals surface area contributed by atoms with E-state index in [4.69, 9.17) is 0 Å². The third-order valence-corrected chi connectivity index (χ3v) is 4.11. The number of anilines is 1. The number of piperazine rings is 2. The van der Waals surface area contributed by atoms with Crippen LogP contribution in [0.1, 0.15) is 11.6 Å². The summed E-state index contributed by atoms with van der Waals surface area (Å²) in [6.07, 6.45) is 0. The van der Waals surface area contributed by atoms with E-state index in [-0.39, 0.29) is 0 Å². The molecule has 1 atom stereocenters. The van der Waals surface area contributed by atoms with Crippen LogP contribution >= 0.6 is 0 Å². The third-order valence-electron chi connectivity index (χ3n) is 4.11. The molecule has 4 heteroatoms. The molecule has 0 bridgehead atoms. The van der Waals surface area contributed by atoms with E-state index in [0.29, 0.717) is 6.04 Å². The van der Waals surface area contributed by atoms with Crippen LogP contribution in [0.3, 0.4) is 0 Å². The molecule has 0 aromatic heterocycles. The minimum atomic E-state index is 0.464. The van der Waals surface area contributed by atoms with Crippen LogP contribution in [0.15, 0.2) is 24.3 Å². The van der Waals surface area contributed by atoms with Crippen LogP contribution in [0.5, 0.6) is 0 Å². The van der Waals surface area contributed by atoms with E-state index < -0.39 is 0 Å². The van der Waals surface area contributed by atoms with Crippen molar-refractivity contribution in [3.63, 3.8) is 0 Å². The maximum atomic E-state index is 3.43. The molecule has 2 fully saturated rings. The van der Waals surface area contributed by atoms with Crippen molar-refractivity contribution in [2.45, 2.75) is 6.04 Å². The molecule has 1 radical (unpaired) electrons. The van der Waals surface area contributed by atoms with Crippen molar-refractivity contribution in [3.05, 3.63) is 36.4 Å². The second kappa shape index (κ2) is 5.90. The summed E-state index contributed by atoms with van der Waals surface area (Å²) < 4.78 is 0. The maximum Gasteiger partial charge on any atom is 0.0473 e. The number of hydrogen-bond donors (Lipinski definition) is 2. The Hall–Kier alpha value is -1.10. The van der Waals surface area contributed by atoms with Gasteiger partial charge >= 0.3 is 0 Å². The Kier molecular flexibility index (Phi) is 4.01. The van der Waals surface area contributed by atoms with Gasteiger partial charge in [0.1, 0.15) is 0 Å². The van der Waals surface area contributed by atoms with E-state index in [9.17, 15) is 0 Å². The summed E-state index contributed by atoms with van der Waals surface area (Å²) in [6.45, 7) is 8.62. The first-order valence-electron chi connectivity index (χ1n) is 7.16. The molecule has 0 spiro atoms. The Labute approximate surface area is 115 Å². The van der Waals surface area contributed by atoms with Gasteiger partial charge in [0, 0.05) is 57.5 Å². The minimum absolute atomic E-state index is 0.464. The second-order valence-corrected chi connectivity index (χ2v) is 5.35. The zero-order valence-corrected chi connectivity index (χ0v) is 11.6. The smallest absolute Gasteiger partial charge is 0.0473 e. The Bertz CT molecular complexity index is 397. The number of rotatable bonds is 2. The Morgan fingerprint density at radius 2 is 1.79 bits per heavy atom. The van der Waals surface area contributed by atoms with Gasteiger partial charge in [-0.15, -0.1) is 0 Å². The number of hydrogen-bond acceptors (Lipinski definition) is 4. The van der Waals surface area contributed by atoms with Crippen molar-refractivity contribution >= 4 is 5.69 Å². The van der Waals surface area contributed by atoms with Crippen LogP contribution in [0, 0.1) is 6.54 Å². The first-order valence-corrected chi connectivity index (χ1v) is 7.16. The highest BCUT2D eigenvalue weighted by molar-refractivity contribution is 5.48. The van der Waals surface area contributed by atoms with E-state index in [1.807, 2.05) is 0 Å². The fourth-order valence-electron chi connectivity index (χ4n) is 2.88. The predicted molar refractivity (Wildman–Crippen MR) is 79.2 cm³/mol. The highest BCUT2D eigenvalue weighted by atomic mass is 15.2. The summed E-state index contributed by atoms with van der Waals surface area (Å²) in [4.78, 5) is 4.77. The maximum absolute atomic E-state index is 3.43. The summed E-state index contributed by atoms with van der Waals surface area (Å²) in [7, 11) is 2.16. The number of likely N-dealkylation sites (N-methyl/N-ethyl adjacent to an activating group) is 1. The lowest BCUT2D eigenvalue weighted by molar-refractivity contribution is 0.249. The van der Waals surface area contributed by atoms with Crippen LogP contribution in [0.4, 0.5) is 5.69 Å². The topological polar surface area (TPSA) is 30.5 Å². The fraction of sp³-hybridized carbons (Fsp3) is 0.533. The van der Waals surface area contributed by atoms with Gasteiger partial charge in [0.25, 0.3) is 0 Å². The van der Waals surface area contributed by atoms with E-state index >= 15 is 0 Å². The third kappa shape index (κ3) is 2.91. The SMILES string of the molecule is CN1[CH]CNCC1c1ccc(N2CCNCC2)cc1. The average Bonchev–Trinajstić information content (AvgIpc) is 2.49. The minimum Gasteiger partial charge on any atom is -0.369 e. The Morgan fingerprint density at radius 1 is 1.05 bits per heavy atom. The molecule has 0 amide bonds. The monoisotopic (exact) mass is 259 g/mol. The molecule has 1 aromatic rings. The van der Waals surface area contributed by atoms with Gasteiger partial charge in [-0.1, -0.05) is 12.1 Å². The summed E-state index contributed by atoms with van der Waals surface area (Å²) in [5.41, 5.74) is 2.74. The van der Waals surface area contributed by atoms with Crippen LogP contribution in [0.25, 0.3) is 0 Å². The van der Waals surface area contributed by atoms with Crippen molar-refractivity contribution in [2.75, 3.05) is 51.2 Å². The van der Waals surface area contributed by atoms with Gasteiger partial charge in [0.05, 0.1) is 0 Å². The molecule has 3 rings (SSSR count). The van der Waals surface area contributed by atoms with Gasteiger partial charge in [-0.05, 0) is 24.7 Å². The van der Waals surface area contributed by atoms with E-state index in [2.05, 4.69) is 58.3 Å². The summed E-state index contributed by atoms with van der Waals surface area (Å²) >= 11 is 0. The summed E-state index contributed by atoms with van der Waals surface area (Å²) in [6, 6.07) is 9.55. The first-order chi connectivity index (χ1) is 9.34. The highest BCUT2D eigenvalue weighted by Gasteiger charge is 2.20. The normalized spacial score (nSPS) is 25.5. The molecule has 0 saturated carbocycles. The number of nitrogens with zero attached hydrogens (tertiary/aromatic N) is 2. The summed E-state index contributed by atoms with van der Waals surface area (Å²) in [5.74, 6) is 0. The molecular formula is C15H23N4. The van der Waals surface area contributed by atoms with Crippen LogP contribution in [-0.4, -0.2) is 51.2 Å². The lowest BCUT2D eigenvalue weighted by atomic mass is 10.0. The zero-order chi connectivity index (χ0) is 13.1.